The second kappa shape index (κ2) is 6.71. The Hall–Kier alpha value is -3.42. The van der Waals surface area contributed by atoms with Crippen molar-refractivity contribution in [2.45, 2.75) is 33.1 Å². The number of carboxylic acid groups (broad SMARTS) is 1. The van der Waals surface area contributed by atoms with Gasteiger partial charge in [-0.05, 0) is 31.2 Å². The third kappa shape index (κ3) is 3.74. The van der Waals surface area contributed by atoms with Gasteiger partial charge in [0.15, 0.2) is 5.69 Å². The topological polar surface area (TPSA) is 113 Å². The highest BCUT2D eigenvalue weighted by molar-refractivity contribution is 6.03. The van der Waals surface area contributed by atoms with Gasteiger partial charge in [-0.3, -0.25) is 9.89 Å². The lowest BCUT2D eigenvalue weighted by atomic mass is 9.92. The maximum absolute atomic E-state index is 12.5. The number of anilines is 1. The molecular weight excluding hydrogens is 346 g/mol. The van der Waals surface area contributed by atoms with E-state index in [9.17, 15) is 9.59 Å². The Bertz CT molecular complexity index is 1010. The SMILES string of the molecule is Cc1c(C(=O)O)cnn1-c1cccc(NC(=O)c2cc(C(C)(C)C)[nH]n2)c1. The average molecular weight is 367 g/mol. The van der Waals surface area contributed by atoms with Crippen LogP contribution in [0.4, 0.5) is 5.69 Å². The molecule has 0 unspecified atom stereocenters. The third-order valence-electron chi connectivity index (χ3n) is 4.21. The third-order valence-corrected chi connectivity index (χ3v) is 4.21. The van der Waals surface area contributed by atoms with Crippen molar-refractivity contribution in [3.05, 3.63) is 59.2 Å². The minimum absolute atomic E-state index is 0.134. The molecule has 0 aliphatic rings. The van der Waals surface area contributed by atoms with Gasteiger partial charge in [-0.15, -0.1) is 0 Å². The molecule has 0 saturated heterocycles. The number of nitrogens with zero attached hydrogens (tertiary/aromatic N) is 3. The van der Waals surface area contributed by atoms with Crippen LogP contribution in [-0.4, -0.2) is 37.0 Å². The number of aromatic amines is 1. The highest BCUT2D eigenvalue weighted by Crippen LogP contribution is 2.21. The summed E-state index contributed by atoms with van der Waals surface area (Å²) in [7, 11) is 0. The van der Waals surface area contributed by atoms with Crippen LogP contribution in [0.1, 0.15) is 53.0 Å². The summed E-state index contributed by atoms with van der Waals surface area (Å²) in [6.45, 7) is 7.77. The van der Waals surface area contributed by atoms with Crippen LogP contribution in [-0.2, 0) is 5.41 Å². The van der Waals surface area contributed by atoms with Crippen molar-refractivity contribution in [2.24, 2.45) is 0 Å². The number of benzene rings is 1. The standard InChI is InChI=1S/C19H21N5O3/c1-11-14(18(26)27)10-20-24(11)13-7-5-6-12(8-13)21-17(25)15-9-16(23-22-15)19(2,3)4/h5-10H,1-4H3,(H,21,25)(H,22,23)(H,26,27). The zero-order valence-corrected chi connectivity index (χ0v) is 15.6. The number of hydrogen-bond donors (Lipinski definition) is 3. The molecule has 0 aliphatic heterocycles. The monoisotopic (exact) mass is 367 g/mol. The van der Waals surface area contributed by atoms with E-state index in [1.807, 2.05) is 20.8 Å². The van der Waals surface area contributed by atoms with Gasteiger partial charge in [-0.25, -0.2) is 9.48 Å². The Morgan fingerprint density at radius 1 is 1.22 bits per heavy atom. The highest BCUT2D eigenvalue weighted by Gasteiger charge is 2.19. The summed E-state index contributed by atoms with van der Waals surface area (Å²) >= 11 is 0. The first-order valence-electron chi connectivity index (χ1n) is 8.42. The molecule has 27 heavy (non-hydrogen) atoms. The lowest BCUT2D eigenvalue weighted by Crippen LogP contribution is -2.13. The number of hydrogen-bond acceptors (Lipinski definition) is 4. The molecule has 0 fully saturated rings. The molecule has 0 saturated carbocycles. The molecule has 8 nitrogen and oxygen atoms in total. The van der Waals surface area contributed by atoms with E-state index < -0.39 is 5.97 Å². The van der Waals surface area contributed by atoms with Crippen LogP contribution < -0.4 is 5.32 Å². The van der Waals surface area contributed by atoms with Crippen molar-refractivity contribution in [1.82, 2.24) is 20.0 Å². The van der Waals surface area contributed by atoms with Gasteiger partial charge in [0, 0.05) is 16.8 Å². The predicted molar refractivity (Wildman–Crippen MR) is 101 cm³/mol. The van der Waals surface area contributed by atoms with E-state index in [2.05, 4.69) is 20.6 Å². The van der Waals surface area contributed by atoms with Crippen molar-refractivity contribution < 1.29 is 14.7 Å². The van der Waals surface area contributed by atoms with E-state index in [-0.39, 0.29) is 16.9 Å². The summed E-state index contributed by atoms with van der Waals surface area (Å²) in [4.78, 5) is 23.7. The molecule has 0 bridgehead atoms. The first-order valence-corrected chi connectivity index (χ1v) is 8.42. The van der Waals surface area contributed by atoms with Gasteiger partial charge in [0.1, 0.15) is 5.56 Å². The van der Waals surface area contributed by atoms with Gasteiger partial charge >= 0.3 is 5.97 Å². The fraction of sp³-hybridized carbons (Fsp3) is 0.263. The molecule has 3 N–H and O–H groups in total. The minimum Gasteiger partial charge on any atom is -0.478 e. The maximum Gasteiger partial charge on any atom is 0.339 e. The Labute approximate surface area is 156 Å². The number of nitrogens with one attached hydrogen (secondary N) is 2. The van der Waals surface area contributed by atoms with Crippen LogP contribution in [0.25, 0.3) is 5.69 Å². The Morgan fingerprint density at radius 2 is 1.96 bits per heavy atom. The largest absolute Gasteiger partial charge is 0.478 e. The van der Waals surface area contributed by atoms with Crippen molar-refractivity contribution in [3.63, 3.8) is 0 Å². The summed E-state index contributed by atoms with van der Waals surface area (Å²) in [6, 6.07) is 8.75. The normalized spacial score (nSPS) is 11.4. The molecule has 1 aromatic carbocycles. The first kappa shape index (κ1) is 18.4. The Kier molecular flexibility index (Phi) is 4.57. The lowest BCUT2D eigenvalue weighted by Gasteiger charge is -2.14. The summed E-state index contributed by atoms with van der Waals surface area (Å²) in [5, 5.41) is 23.1. The summed E-state index contributed by atoms with van der Waals surface area (Å²) < 4.78 is 1.52. The van der Waals surface area contributed by atoms with Gasteiger partial charge in [-0.1, -0.05) is 26.8 Å². The number of H-pyrrole nitrogens is 1. The van der Waals surface area contributed by atoms with Crippen LogP contribution in [0.3, 0.4) is 0 Å². The second-order valence-corrected chi connectivity index (χ2v) is 7.28. The van der Waals surface area contributed by atoms with Crippen molar-refractivity contribution >= 4 is 17.6 Å². The average Bonchev–Trinajstić information content (AvgIpc) is 3.21. The van der Waals surface area contributed by atoms with Crippen LogP contribution in [0, 0.1) is 6.92 Å². The second-order valence-electron chi connectivity index (χ2n) is 7.28. The molecule has 8 heteroatoms. The van der Waals surface area contributed by atoms with E-state index >= 15 is 0 Å². The fourth-order valence-corrected chi connectivity index (χ4v) is 2.61. The van der Waals surface area contributed by atoms with Crippen molar-refractivity contribution in [2.75, 3.05) is 5.32 Å². The van der Waals surface area contributed by atoms with E-state index in [1.165, 1.54) is 10.9 Å². The Morgan fingerprint density at radius 3 is 2.56 bits per heavy atom. The van der Waals surface area contributed by atoms with Crippen LogP contribution in [0.15, 0.2) is 36.5 Å². The maximum atomic E-state index is 12.5. The van der Waals surface area contributed by atoms with Gasteiger partial charge in [0.25, 0.3) is 5.91 Å². The first-order chi connectivity index (χ1) is 12.7. The fourth-order valence-electron chi connectivity index (χ4n) is 2.61. The number of aromatic nitrogens is 4. The molecule has 3 rings (SSSR count). The molecule has 2 aromatic heterocycles. The molecular formula is C19H21N5O3. The number of aromatic carboxylic acids is 1. The van der Waals surface area contributed by atoms with Crippen molar-refractivity contribution in [1.29, 1.82) is 0 Å². The number of carbonyl (C=O) groups excluding carboxylic acids is 1. The number of carbonyl (C=O) groups is 2. The summed E-state index contributed by atoms with van der Waals surface area (Å²) in [6.07, 6.45) is 1.31. The Balaban J connectivity index is 1.83. The zero-order chi connectivity index (χ0) is 19.8. The molecule has 0 atom stereocenters. The highest BCUT2D eigenvalue weighted by atomic mass is 16.4. The number of carboxylic acids is 1. The zero-order valence-electron chi connectivity index (χ0n) is 15.6. The lowest BCUT2D eigenvalue weighted by molar-refractivity contribution is 0.0696. The van der Waals surface area contributed by atoms with Gasteiger partial charge in [-0.2, -0.15) is 10.2 Å². The predicted octanol–water partition coefficient (Wildman–Crippen LogP) is 3.15. The van der Waals surface area contributed by atoms with E-state index in [4.69, 9.17) is 5.11 Å². The van der Waals surface area contributed by atoms with Crippen LogP contribution in [0.5, 0.6) is 0 Å². The molecule has 0 aliphatic carbocycles. The minimum atomic E-state index is -1.03. The summed E-state index contributed by atoms with van der Waals surface area (Å²) in [5.41, 5.74) is 2.89. The molecule has 0 radical (unpaired) electrons. The molecule has 1 amide bonds. The number of amides is 1. The summed E-state index contributed by atoms with van der Waals surface area (Å²) in [5.74, 6) is -1.36. The smallest absolute Gasteiger partial charge is 0.339 e. The van der Waals surface area contributed by atoms with Crippen LogP contribution in [0.2, 0.25) is 0 Å². The van der Waals surface area contributed by atoms with E-state index in [0.29, 0.717) is 22.8 Å². The van der Waals surface area contributed by atoms with Gasteiger partial charge in [0.05, 0.1) is 17.6 Å². The molecule has 0 spiro atoms. The van der Waals surface area contributed by atoms with Gasteiger partial charge in [0.2, 0.25) is 0 Å². The number of rotatable bonds is 4. The quantitative estimate of drug-likeness (QED) is 0.656. The van der Waals surface area contributed by atoms with Crippen LogP contribution >= 0.6 is 0 Å². The molecule has 3 aromatic rings. The molecule has 2 heterocycles. The van der Waals surface area contributed by atoms with E-state index in [1.54, 1.807) is 37.3 Å². The molecule has 140 valence electrons. The van der Waals surface area contributed by atoms with Gasteiger partial charge < -0.3 is 10.4 Å². The van der Waals surface area contributed by atoms with E-state index in [0.717, 1.165) is 5.69 Å². The van der Waals surface area contributed by atoms with Crippen molar-refractivity contribution in [3.8, 4) is 5.69 Å².